The van der Waals surface area contributed by atoms with Crippen molar-refractivity contribution in [2.24, 2.45) is 5.92 Å². The monoisotopic (exact) mass is 318 g/mol. The fraction of sp³-hybridized carbons (Fsp3) is 0.714. The third-order valence-electron chi connectivity index (χ3n) is 3.73. The van der Waals surface area contributed by atoms with Gasteiger partial charge in [0.1, 0.15) is 0 Å². The van der Waals surface area contributed by atoms with Crippen molar-refractivity contribution in [3.63, 3.8) is 0 Å². The summed E-state index contributed by atoms with van der Waals surface area (Å²) in [6.07, 6.45) is -0.0312. The minimum absolute atomic E-state index is 0.0666. The van der Waals surface area contributed by atoms with E-state index in [0.29, 0.717) is 0 Å². The Kier molecular flexibility index (Phi) is 5.55. The normalized spacial score (nSPS) is 25.7. The van der Waals surface area contributed by atoms with Crippen molar-refractivity contribution in [2.75, 3.05) is 19.0 Å². The van der Waals surface area contributed by atoms with Crippen molar-refractivity contribution in [2.45, 2.75) is 38.4 Å². The molecule has 1 fully saturated rings. The number of esters is 2. The molecule has 0 radical (unpaired) electrons. The minimum Gasteiger partial charge on any atom is -0.466 e. The lowest BCUT2D eigenvalue weighted by Gasteiger charge is -2.27. The SMILES string of the molecule is C=C1C[C@H](C(=O)OCC)C[C@@]1(C(=O)OCC)S(=O)(=O)CC. The second-order valence-electron chi connectivity index (χ2n) is 4.91. The van der Waals surface area contributed by atoms with E-state index in [0.717, 1.165) is 0 Å². The number of sulfone groups is 1. The molecule has 1 aliphatic rings. The molecule has 120 valence electrons. The molecule has 1 rings (SSSR count). The van der Waals surface area contributed by atoms with Crippen molar-refractivity contribution in [3.8, 4) is 0 Å². The second-order valence-corrected chi connectivity index (χ2v) is 7.42. The van der Waals surface area contributed by atoms with Crippen LogP contribution in [0.2, 0.25) is 0 Å². The molecule has 0 heterocycles. The van der Waals surface area contributed by atoms with Crippen LogP contribution in [0.25, 0.3) is 0 Å². The second kappa shape index (κ2) is 6.60. The Hall–Kier alpha value is -1.37. The van der Waals surface area contributed by atoms with E-state index in [9.17, 15) is 18.0 Å². The van der Waals surface area contributed by atoms with Crippen molar-refractivity contribution >= 4 is 21.8 Å². The van der Waals surface area contributed by atoms with Crippen LogP contribution in [0.5, 0.6) is 0 Å². The standard InChI is InChI=1S/C14H22O6S/c1-5-19-12(15)11-8-10(4)14(9-11,13(16)20-6-2)21(17,18)7-3/h11H,4-9H2,1-3H3/t11-,14+/m0/s1. The molecule has 0 amide bonds. The zero-order valence-corrected chi connectivity index (χ0v) is 13.5. The molecule has 0 saturated heterocycles. The summed E-state index contributed by atoms with van der Waals surface area (Å²) < 4.78 is 33.0. The molecule has 7 heteroatoms. The van der Waals surface area contributed by atoms with Gasteiger partial charge in [0.25, 0.3) is 0 Å². The minimum atomic E-state index is -3.79. The molecular formula is C14H22O6S. The first kappa shape index (κ1) is 17.7. The largest absolute Gasteiger partial charge is 0.466 e. The van der Waals surface area contributed by atoms with E-state index in [1.807, 2.05) is 0 Å². The number of ether oxygens (including phenoxy) is 2. The summed E-state index contributed by atoms with van der Waals surface area (Å²) in [4.78, 5) is 24.2. The van der Waals surface area contributed by atoms with Gasteiger partial charge in [0.05, 0.1) is 19.1 Å². The van der Waals surface area contributed by atoms with Crippen LogP contribution in [0, 0.1) is 5.92 Å². The van der Waals surface area contributed by atoms with Gasteiger partial charge in [-0.3, -0.25) is 4.79 Å². The van der Waals surface area contributed by atoms with Crippen molar-refractivity contribution in [1.29, 1.82) is 0 Å². The van der Waals surface area contributed by atoms with E-state index < -0.39 is 32.4 Å². The summed E-state index contributed by atoms with van der Waals surface area (Å²) in [5.41, 5.74) is 0.209. The fourth-order valence-electron chi connectivity index (χ4n) is 2.65. The van der Waals surface area contributed by atoms with Gasteiger partial charge in [-0.2, -0.15) is 0 Å². The first-order valence-electron chi connectivity index (χ1n) is 7.01. The van der Waals surface area contributed by atoms with E-state index >= 15 is 0 Å². The third kappa shape index (κ3) is 2.97. The molecule has 1 saturated carbocycles. The van der Waals surface area contributed by atoms with Crippen LogP contribution in [0.4, 0.5) is 0 Å². The highest BCUT2D eigenvalue weighted by atomic mass is 32.2. The Labute approximate surface area is 125 Å². The van der Waals surface area contributed by atoms with Crippen LogP contribution in [0.1, 0.15) is 33.6 Å². The molecule has 0 aromatic rings. The molecule has 0 aromatic carbocycles. The van der Waals surface area contributed by atoms with E-state index in [-0.39, 0.29) is 37.4 Å². The number of hydrogen-bond acceptors (Lipinski definition) is 6. The van der Waals surface area contributed by atoms with E-state index in [2.05, 4.69) is 6.58 Å². The number of hydrogen-bond donors (Lipinski definition) is 0. The first-order valence-corrected chi connectivity index (χ1v) is 8.66. The van der Waals surface area contributed by atoms with E-state index in [1.54, 1.807) is 13.8 Å². The third-order valence-corrected chi connectivity index (χ3v) is 6.18. The Morgan fingerprint density at radius 1 is 1.24 bits per heavy atom. The van der Waals surface area contributed by atoms with Crippen LogP contribution in [0.3, 0.4) is 0 Å². The molecular weight excluding hydrogens is 296 g/mol. The van der Waals surface area contributed by atoms with Gasteiger partial charge in [-0.25, -0.2) is 13.2 Å². The summed E-state index contributed by atoms with van der Waals surface area (Å²) in [5, 5.41) is 0. The van der Waals surface area contributed by atoms with Gasteiger partial charge in [-0.1, -0.05) is 13.5 Å². The maximum absolute atomic E-state index is 12.5. The fourth-order valence-corrected chi connectivity index (χ4v) is 4.43. The van der Waals surface area contributed by atoms with Crippen LogP contribution in [-0.4, -0.2) is 44.1 Å². The first-order chi connectivity index (χ1) is 9.76. The van der Waals surface area contributed by atoms with Gasteiger partial charge in [-0.15, -0.1) is 0 Å². The van der Waals surface area contributed by atoms with Gasteiger partial charge in [0.15, 0.2) is 14.6 Å². The van der Waals surface area contributed by atoms with Gasteiger partial charge in [0, 0.05) is 5.75 Å². The number of rotatable bonds is 6. The summed E-state index contributed by atoms with van der Waals surface area (Å²) in [6.45, 7) is 8.73. The Morgan fingerprint density at radius 2 is 1.81 bits per heavy atom. The summed E-state index contributed by atoms with van der Waals surface area (Å²) >= 11 is 0. The molecule has 0 spiro atoms. The highest BCUT2D eigenvalue weighted by Crippen LogP contribution is 2.45. The smallest absolute Gasteiger partial charge is 0.331 e. The number of carbonyl (C=O) groups is 2. The molecule has 2 atom stereocenters. The van der Waals surface area contributed by atoms with E-state index in [4.69, 9.17) is 9.47 Å². The zero-order valence-electron chi connectivity index (χ0n) is 12.7. The van der Waals surface area contributed by atoms with Crippen molar-refractivity contribution in [3.05, 3.63) is 12.2 Å². The lowest BCUT2D eigenvalue weighted by molar-refractivity contribution is -0.148. The molecule has 0 bridgehead atoms. The molecule has 0 unspecified atom stereocenters. The molecule has 6 nitrogen and oxygen atoms in total. The quantitative estimate of drug-likeness (QED) is 0.541. The lowest BCUT2D eigenvalue weighted by atomic mass is 10.0. The molecule has 0 aromatic heterocycles. The van der Waals surface area contributed by atoms with Crippen LogP contribution >= 0.6 is 0 Å². The van der Waals surface area contributed by atoms with Gasteiger partial charge in [-0.05, 0) is 32.3 Å². The predicted molar refractivity (Wildman–Crippen MR) is 77.3 cm³/mol. The predicted octanol–water partition coefficient (Wildman–Crippen LogP) is 1.25. The highest BCUT2D eigenvalue weighted by molar-refractivity contribution is 7.93. The Morgan fingerprint density at radius 3 is 2.29 bits per heavy atom. The number of carbonyl (C=O) groups excluding carboxylic acids is 2. The molecule has 0 N–H and O–H groups in total. The lowest BCUT2D eigenvalue weighted by Crippen LogP contribution is -2.48. The molecule has 1 aliphatic carbocycles. The average Bonchev–Trinajstić information content (AvgIpc) is 2.79. The Balaban J connectivity index is 3.24. The zero-order chi connectivity index (χ0) is 16.3. The summed E-state index contributed by atoms with van der Waals surface area (Å²) in [6, 6.07) is 0. The molecule has 0 aliphatic heterocycles. The maximum Gasteiger partial charge on any atom is 0.331 e. The van der Waals surface area contributed by atoms with Crippen LogP contribution in [0.15, 0.2) is 12.2 Å². The van der Waals surface area contributed by atoms with Crippen LogP contribution in [-0.2, 0) is 28.9 Å². The summed E-state index contributed by atoms with van der Waals surface area (Å²) in [5.74, 6) is -2.25. The summed E-state index contributed by atoms with van der Waals surface area (Å²) in [7, 11) is -3.79. The van der Waals surface area contributed by atoms with Crippen molar-refractivity contribution < 1.29 is 27.5 Å². The highest BCUT2D eigenvalue weighted by Gasteiger charge is 2.59. The van der Waals surface area contributed by atoms with Crippen molar-refractivity contribution in [1.82, 2.24) is 0 Å². The van der Waals surface area contributed by atoms with Crippen LogP contribution < -0.4 is 0 Å². The van der Waals surface area contributed by atoms with E-state index in [1.165, 1.54) is 6.92 Å². The average molecular weight is 318 g/mol. The van der Waals surface area contributed by atoms with Gasteiger partial charge < -0.3 is 9.47 Å². The Bertz CT molecular complexity index is 536. The maximum atomic E-state index is 12.5. The topological polar surface area (TPSA) is 86.7 Å². The van der Waals surface area contributed by atoms with Gasteiger partial charge in [0.2, 0.25) is 0 Å². The molecule has 21 heavy (non-hydrogen) atoms. The van der Waals surface area contributed by atoms with Gasteiger partial charge >= 0.3 is 11.9 Å².